The minimum absolute atomic E-state index is 0.345. The van der Waals surface area contributed by atoms with E-state index in [1.54, 1.807) is 13.2 Å². The molecule has 0 aromatic heterocycles. The van der Waals surface area contributed by atoms with E-state index in [0.717, 1.165) is 14.5 Å². The molecule has 0 bridgehead atoms. The van der Waals surface area contributed by atoms with Crippen molar-refractivity contribution in [3.05, 3.63) is 55.7 Å². The zero-order chi connectivity index (χ0) is 14.7. The Labute approximate surface area is 138 Å². The summed E-state index contributed by atoms with van der Waals surface area (Å²) >= 11 is 12.7. The normalized spacial score (nSPS) is 10.4. The number of rotatable bonds is 4. The van der Waals surface area contributed by atoms with E-state index in [-0.39, 0.29) is 5.82 Å². The maximum atomic E-state index is 13.6. The number of anilines is 1. The molecule has 0 saturated heterocycles. The zero-order valence-electron chi connectivity index (χ0n) is 10.5. The van der Waals surface area contributed by atoms with Gasteiger partial charge in [0.05, 0.1) is 17.3 Å². The summed E-state index contributed by atoms with van der Waals surface area (Å²) in [5, 5.41) is 3.50. The second kappa shape index (κ2) is 6.78. The number of nitrogens with one attached hydrogen (secondary N) is 1. The lowest BCUT2D eigenvalue weighted by atomic mass is 10.2. The highest BCUT2D eigenvalue weighted by molar-refractivity contribution is 9.11. The first-order valence-electron chi connectivity index (χ1n) is 5.72. The van der Waals surface area contributed by atoms with E-state index in [0.29, 0.717) is 23.0 Å². The summed E-state index contributed by atoms with van der Waals surface area (Å²) in [5.41, 5.74) is 1.25. The molecule has 20 heavy (non-hydrogen) atoms. The first kappa shape index (κ1) is 15.6. The largest absolute Gasteiger partial charge is 0.495 e. The monoisotopic (exact) mass is 421 g/mol. The van der Waals surface area contributed by atoms with Gasteiger partial charge in [0.25, 0.3) is 0 Å². The van der Waals surface area contributed by atoms with Crippen molar-refractivity contribution >= 4 is 49.1 Å². The Balaban J connectivity index is 2.24. The van der Waals surface area contributed by atoms with E-state index in [9.17, 15) is 4.39 Å². The molecule has 0 aliphatic heterocycles. The Morgan fingerprint density at radius 3 is 2.70 bits per heavy atom. The van der Waals surface area contributed by atoms with Crippen LogP contribution in [-0.4, -0.2) is 7.11 Å². The number of hydrogen-bond acceptors (Lipinski definition) is 2. The SMILES string of the molecule is COc1c(Br)cc(Br)cc1CNc1cc(Cl)ccc1F. The Kier molecular flexibility index (Phi) is 5.29. The molecule has 6 heteroatoms. The fourth-order valence-electron chi connectivity index (χ4n) is 1.80. The average molecular weight is 424 g/mol. The quantitative estimate of drug-likeness (QED) is 0.689. The molecule has 2 nitrogen and oxygen atoms in total. The van der Waals surface area contributed by atoms with Crippen molar-refractivity contribution in [1.29, 1.82) is 0 Å². The van der Waals surface area contributed by atoms with Crippen molar-refractivity contribution < 1.29 is 9.13 Å². The second-order valence-electron chi connectivity index (χ2n) is 4.06. The molecule has 1 N–H and O–H groups in total. The molecule has 0 atom stereocenters. The van der Waals surface area contributed by atoms with Crippen LogP contribution in [0.15, 0.2) is 39.3 Å². The van der Waals surface area contributed by atoms with Gasteiger partial charge in [-0.05, 0) is 46.3 Å². The van der Waals surface area contributed by atoms with Gasteiger partial charge in [-0.15, -0.1) is 0 Å². The highest BCUT2D eigenvalue weighted by Gasteiger charge is 2.10. The van der Waals surface area contributed by atoms with Crippen molar-refractivity contribution in [2.75, 3.05) is 12.4 Å². The molecule has 0 amide bonds. The van der Waals surface area contributed by atoms with Gasteiger partial charge in [0, 0.05) is 21.6 Å². The van der Waals surface area contributed by atoms with Crippen LogP contribution in [0.3, 0.4) is 0 Å². The topological polar surface area (TPSA) is 21.3 Å². The summed E-state index contributed by atoms with van der Waals surface area (Å²) in [6, 6.07) is 8.20. The van der Waals surface area contributed by atoms with Crippen LogP contribution in [0, 0.1) is 5.82 Å². The fourth-order valence-corrected chi connectivity index (χ4v) is 3.44. The van der Waals surface area contributed by atoms with Crippen molar-refractivity contribution in [3.8, 4) is 5.75 Å². The van der Waals surface area contributed by atoms with Gasteiger partial charge in [0.1, 0.15) is 11.6 Å². The van der Waals surface area contributed by atoms with E-state index in [2.05, 4.69) is 37.2 Å². The highest BCUT2D eigenvalue weighted by atomic mass is 79.9. The van der Waals surface area contributed by atoms with Gasteiger partial charge in [0.15, 0.2) is 0 Å². The van der Waals surface area contributed by atoms with Crippen molar-refractivity contribution in [2.24, 2.45) is 0 Å². The highest BCUT2D eigenvalue weighted by Crippen LogP contribution is 2.33. The molecule has 106 valence electrons. The zero-order valence-corrected chi connectivity index (χ0v) is 14.4. The average Bonchev–Trinajstić information content (AvgIpc) is 2.39. The van der Waals surface area contributed by atoms with Gasteiger partial charge in [-0.3, -0.25) is 0 Å². The molecule has 0 unspecified atom stereocenters. The molecule has 0 spiro atoms. The van der Waals surface area contributed by atoms with Gasteiger partial charge in [-0.1, -0.05) is 27.5 Å². The fraction of sp³-hybridized carbons (Fsp3) is 0.143. The van der Waals surface area contributed by atoms with Crippen LogP contribution in [0.4, 0.5) is 10.1 Å². The minimum Gasteiger partial charge on any atom is -0.495 e. The van der Waals surface area contributed by atoms with Crippen LogP contribution < -0.4 is 10.1 Å². The number of ether oxygens (including phenoxy) is 1. The van der Waals surface area contributed by atoms with Crippen LogP contribution in [0.25, 0.3) is 0 Å². The molecule has 0 saturated carbocycles. The third kappa shape index (κ3) is 3.65. The molecule has 0 heterocycles. The summed E-state index contributed by atoms with van der Waals surface area (Å²) in [4.78, 5) is 0. The summed E-state index contributed by atoms with van der Waals surface area (Å²) in [5.74, 6) is 0.366. The van der Waals surface area contributed by atoms with Gasteiger partial charge < -0.3 is 10.1 Å². The summed E-state index contributed by atoms with van der Waals surface area (Å²) in [6.07, 6.45) is 0. The minimum atomic E-state index is -0.345. The van der Waals surface area contributed by atoms with Crippen molar-refractivity contribution in [2.45, 2.75) is 6.54 Å². The van der Waals surface area contributed by atoms with E-state index < -0.39 is 0 Å². The van der Waals surface area contributed by atoms with E-state index in [4.69, 9.17) is 16.3 Å². The van der Waals surface area contributed by atoms with Crippen molar-refractivity contribution in [3.63, 3.8) is 0 Å². The molecule has 2 rings (SSSR count). The predicted molar refractivity (Wildman–Crippen MR) is 87.1 cm³/mol. The molecule has 2 aromatic carbocycles. The number of halogens is 4. The van der Waals surface area contributed by atoms with Crippen LogP contribution in [-0.2, 0) is 6.54 Å². The Hall–Kier alpha value is -0.780. The molecule has 0 aliphatic carbocycles. The first-order valence-corrected chi connectivity index (χ1v) is 7.68. The molecule has 0 radical (unpaired) electrons. The summed E-state index contributed by atoms with van der Waals surface area (Å²) in [7, 11) is 1.59. The predicted octanol–water partition coefficient (Wildman–Crippen LogP) is 5.62. The smallest absolute Gasteiger partial charge is 0.146 e. The van der Waals surface area contributed by atoms with Crippen LogP contribution in [0.5, 0.6) is 5.75 Å². The summed E-state index contributed by atoms with van der Waals surface area (Å²) < 4.78 is 20.7. The maximum Gasteiger partial charge on any atom is 0.146 e. The van der Waals surface area contributed by atoms with Crippen LogP contribution in [0.1, 0.15) is 5.56 Å². The number of benzene rings is 2. The van der Waals surface area contributed by atoms with Crippen LogP contribution in [0.2, 0.25) is 5.02 Å². The van der Waals surface area contributed by atoms with Gasteiger partial charge in [0.2, 0.25) is 0 Å². The van der Waals surface area contributed by atoms with Gasteiger partial charge in [-0.2, -0.15) is 0 Å². The Morgan fingerprint density at radius 1 is 1.25 bits per heavy atom. The third-order valence-corrected chi connectivity index (χ3v) is 3.97. The lowest BCUT2D eigenvalue weighted by Gasteiger charge is -2.13. The van der Waals surface area contributed by atoms with E-state index in [1.807, 2.05) is 12.1 Å². The maximum absolute atomic E-state index is 13.6. The molecule has 2 aromatic rings. The number of hydrogen-bond donors (Lipinski definition) is 1. The molecule has 0 fully saturated rings. The first-order chi connectivity index (χ1) is 9.51. The standard InChI is InChI=1S/C14H11Br2ClFNO/c1-20-14-8(4-9(15)5-11(14)16)7-19-13-6-10(17)2-3-12(13)18/h2-6,19H,7H2,1H3. The molecule has 0 aliphatic rings. The molecular weight excluding hydrogens is 412 g/mol. The van der Waals surface area contributed by atoms with Gasteiger partial charge >= 0.3 is 0 Å². The third-order valence-electron chi connectivity index (χ3n) is 2.69. The summed E-state index contributed by atoms with van der Waals surface area (Å²) in [6.45, 7) is 0.415. The number of methoxy groups -OCH3 is 1. The molecular formula is C14H11Br2ClFNO. The van der Waals surface area contributed by atoms with Crippen molar-refractivity contribution in [1.82, 2.24) is 0 Å². The Bertz CT molecular complexity index is 637. The second-order valence-corrected chi connectivity index (χ2v) is 6.26. The van der Waals surface area contributed by atoms with E-state index in [1.165, 1.54) is 12.1 Å². The van der Waals surface area contributed by atoms with E-state index >= 15 is 0 Å². The Morgan fingerprint density at radius 2 is 2.00 bits per heavy atom. The lowest BCUT2D eigenvalue weighted by Crippen LogP contribution is -2.04. The lowest BCUT2D eigenvalue weighted by molar-refractivity contribution is 0.407. The van der Waals surface area contributed by atoms with Gasteiger partial charge in [-0.25, -0.2) is 4.39 Å². The van der Waals surface area contributed by atoms with Crippen LogP contribution >= 0.6 is 43.5 Å².